The molecule has 0 radical (unpaired) electrons. The van der Waals surface area contributed by atoms with Crippen molar-refractivity contribution >= 4 is 5.69 Å². The number of anilines is 1. The van der Waals surface area contributed by atoms with E-state index < -0.39 is 0 Å². The first-order chi connectivity index (χ1) is 10.7. The molecule has 1 atom stereocenters. The Labute approximate surface area is 133 Å². The van der Waals surface area contributed by atoms with Gasteiger partial charge in [-0.3, -0.25) is 0 Å². The molecule has 0 saturated carbocycles. The van der Waals surface area contributed by atoms with Crippen LogP contribution >= 0.6 is 0 Å². The van der Waals surface area contributed by atoms with Gasteiger partial charge in [-0.15, -0.1) is 0 Å². The van der Waals surface area contributed by atoms with Gasteiger partial charge in [0.05, 0.1) is 6.54 Å². The van der Waals surface area contributed by atoms with Crippen LogP contribution in [0.2, 0.25) is 0 Å². The maximum atomic E-state index is 6.14. The molecule has 0 spiro atoms. The SMILES string of the molecule is CCCc1ccc(O[C@H]2CCN(c3ccc(C)cc3)C2)cc1. The summed E-state index contributed by atoms with van der Waals surface area (Å²) in [5.74, 6) is 0.996. The van der Waals surface area contributed by atoms with Crippen molar-refractivity contribution < 1.29 is 4.74 Å². The molecule has 1 heterocycles. The smallest absolute Gasteiger partial charge is 0.119 e. The lowest BCUT2D eigenvalue weighted by molar-refractivity contribution is 0.225. The van der Waals surface area contributed by atoms with Crippen LogP contribution in [-0.2, 0) is 6.42 Å². The molecule has 1 fully saturated rings. The summed E-state index contributed by atoms with van der Waals surface area (Å²) < 4.78 is 6.14. The summed E-state index contributed by atoms with van der Waals surface area (Å²) in [7, 11) is 0. The highest BCUT2D eigenvalue weighted by Crippen LogP contribution is 2.24. The number of hydrogen-bond acceptors (Lipinski definition) is 2. The number of benzene rings is 2. The van der Waals surface area contributed by atoms with Crippen molar-refractivity contribution in [3.8, 4) is 5.75 Å². The Bertz CT molecular complexity index is 588. The summed E-state index contributed by atoms with van der Waals surface area (Å²) >= 11 is 0. The largest absolute Gasteiger partial charge is 0.489 e. The summed E-state index contributed by atoms with van der Waals surface area (Å²) in [5, 5.41) is 0. The quantitative estimate of drug-likeness (QED) is 0.799. The topological polar surface area (TPSA) is 12.5 Å². The monoisotopic (exact) mass is 295 g/mol. The molecule has 22 heavy (non-hydrogen) atoms. The summed E-state index contributed by atoms with van der Waals surface area (Å²) in [6.07, 6.45) is 3.71. The van der Waals surface area contributed by atoms with Crippen molar-refractivity contribution in [2.75, 3.05) is 18.0 Å². The van der Waals surface area contributed by atoms with Crippen molar-refractivity contribution in [3.05, 3.63) is 59.7 Å². The number of rotatable bonds is 5. The second-order valence-electron chi connectivity index (χ2n) is 6.20. The minimum Gasteiger partial charge on any atom is -0.489 e. The highest BCUT2D eigenvalue weighted by Gasteiger charge is 2.24. The van der Waals surface area contributed by atoms with Gasteiger partial charge in [0, 0.05) is 18.7 Å². The van der Waals surface area contributed by atoms with Gasteiger partial charge in [0.15, 0.2) is 0 Å². The van der Waals surface area contributed by atoms with E-state index in [4.69, 9.17) is 4.74 Å². The number of nitrogens with zero attached hydrogens (tertiary/aromatic N) is 1. The van der Waals surface area contributed by atoms with Crippen molar-refractivity contribution in [1.82, 2.24) is 0 Å². The molecule has 2 heteroatoms. The molecular formula is C20H25NO. The highest BCUT2D eigenvalue weighted by molar-refractivity contribution is 5.48. The molecule has 2 nitrogen and oxygen atoms in total. The van der Waals surface area contributed by atoms with Gasteiger partial charge in [0.25, 0.3) is 0 Å². The second kappa shape index (κ2) is 6.87. The van der Waals surface area contributed by atoms with Gasteiger partial charge in [-0.25, -0.2) is 0 Å². The van der Waals surface area contributed by atoms with Crippen molar-refractivity contribution in [2.45, 2.75) is 39.2 Å². The van der Waals surface area contributed by atoms with Crippen LogP contribution in [0.25, 0.3) is 0 Å². The zero-order valence-corrected chi connectivity index (χ0v) is 13.6. The van der Waals surface area contributed by atoms with Gasteiger partial charge in [-0.2, -0.15) is 0 Å². The molecule has 116 valence electrons. The van der Waals surface area contributed by atoms with Crippen LogP contribution in [0.15, 0.2) is 48.5 Å². The van der Waals surface area contributed by atoms with E-state index >= 15 is 0 Å². The van der Waals surface area contributed by atoms with E-state index in [1.165, 1.54) is 23.2 Å². The van der Waals surface area contributed by atoms with Crippen LogP contribution in [0.5, 0.6) is 5.75 Å². The fourth-order valence-electron chi connectivity index (χ4n) is 3.03. The Hall–Kier alpha value is -1.96. The first-order valence-corrected chi connectivity index (χ1v) is 8.32. The molecule has 0 aliphatic carbocycles. The maximum Gasteiger partial charge on any atom is 0.119 e. The Morgan fingerprint density at radius 3 is 2.45 bits per heavy atom. The van der Waals surface area contributed by atoms with E-state index in [1.54, 1.807) is 0 Å². The van der Waals surface area contributed by atoms with Crippen molar-refractivity contribution in [3.63, 3.8) is 0 Å². The predicted molar refractivity (Wildman–Crippen MR) is 92.9 cm³/mol. The fraction of sp³-hybridized carbons (Fsp3) is 0.400. The molecule has 0 bridgehead atoms. The van der Waals surface area contributed by atoms with Crippen LogP contribution in [0, 0.1) is 6.92 Å². The fourth-order valence-corrected chi connectivity index (χ4v) is 3.03. The zero-order valence-electron chi connectivity index (χ0n) is 13.6. The molecule has 1 aliphatic rings. The molecule has 3 rings (SSSR count). The maximum absolute atomic E-state index is 6.14. The van der Waals surface area contributed by atoms with E-state index in [9.17, 15) is 0 Å². The molecule has 1 saturated heterocycles. The van der Waals surface area contributed by atoms with Crippen molar-refractivity contribution in [2.24, 2.45) is 0 Å². The number of aryl methyl sites for hydroxylation is 2. The zero-order chi connectivity index (χ0) is 15.4. The Kier molecular flexibility index (Phi) is 4.67. The lowest BCUT2D eigenvalue weighted by atomic mass is 10.1. The summed E-state index contributed by atoms with van der Waals surface area (Å²) in [5.41, 5.74) is 4.00. The molecule has 2 aromatic carbocycles. The third-order valence-corrected chi connectivity index (χ3v) is 4.31. The van der Waals surface area contributed by atoms with Crippen LogP contribution < -0.4 is 9.64 Å². The predicted octanol–water partition coefficient (Wildman–Crippen LogP) is 4.61. The van der Waals surface area contributed by atoms with Gasteiger partial charge < -0.3 is 9.64 Å². The van der Waals surface area contributed by atoms with E-state index in [0.29, 0.717) is 6.10 Å². The van der Waals surface area contributed by atoms with Gasteiger partial charge in [-0.1, -0.05) is 43.2 Å². The minimum atomic E-state index is 0.290. The summed E-state index contributed by atoms with van der Waals surface area (Å²) in [6, 6.07) is 17.4. The minimum absolute atomic E-state index is 0.290. The second-order valence-corrected chi connectivity index (χ2v) is 6.20. The average molecular weight is 295 g/mol. The number of ether oxygens (including phenoxy) is 1. The van der Waals surface area contributed by atoms with Gasteiger partial charge in [0.1, 0.15) is 11.9 Å². The van der Waals surface area contributed by atoms with Crippen LogP contribution in [0.4, 0.5) is 5.69 Å². The molecule has 1 aliphatic heterocycles. The Morgan fingerprint density at radius 2 is 1.77 bits per heavy atom. The summed E-state index contributed by atoms with van der Waals surface area (Å²) in [4.78, 5) is 2.41. The Balaban J connectivity index is 1.57. The lowest BCUT2D eigenvalue weighted by Gasteiger charge is -2.19. The lowest BCUT2D eigenvalue weighted by Crippen LogP contribution is -2.24. The average Bonchev–Trinajstić information content (AvgIpc) is 2.99. The van der Waals surface area contributed by atoms with E-state index in [0.717, 1.165) is 31.7 Å². The highest BCUT2D eigenvalue weighted by atomic mass is 16.5. The van der Waals surface area contributed by atoms with Gasteiger partial charge >= 0.3 is 0 Å². The van der Waals surface area contributed by atoms with Gasteiger partial charge in [0.2, 0.25) is 0 Å². The first kappa shape index (κ1) is 15.0. The van der Waals surface area contributed by atoms with E-state index in [1.807, 2.05) is 0 Å². The van der Waals surface area contributed by atoms with Crippen molar-refractivity contribution in [1.29, 1.82) is 0 Å². The molecule has 0 N–H and O–H groups in total. The molecule has 2 aromatic rings. The Morgan fingerprint density at radius 1 is 1.05 bits per heavy atom. The van der Waals surface area contributed by atoms with Crippen LogP contribution in [0.3, 0.4) is 0 Å². The molecule has 0 amide bonds. The normalized spacial score (nSPS) is 17.7. The van der Waals surface area contributed by atoms with E-state index in [-0.39, 0.29) is 0 Å². The first-order valence-electron chi connectivity index (χ1n) is 8.32. The third kappa shape index (κ3) is 3.62. The van der Waals surface area contributed by atoms with Gasteiger partial charge in [-0.05, 0) is 43.2 Å². The van der Waals surface area contributed by atoms with Crippen LogP contribution in [0.1, 0.15) is 30.9 Å². The third-order valence-electron chi connectivity index (χ3n) is 4.31. The molecular weight excluding hydrogens is 270 g/mol. The number of hydrogen-bond donors (Lipinski definition) is 0. The van der Waals surface area contributed by atoms with Crippen LogP contribution in [-0.4, -0.2) is 19.2 Å². The summed E-state index contributed by atoms with van der Waals surface area (Å²) in [6.45, 7) is 6.38. The standard InChI is InChI=1S/C20H25NO/c1-3-4-17-7-11-19(12-8-17)22-20-13-14-21(15-20)18-9-5-16(2)6-10-18/h5-12,20H,3-4,13-15H2,1-2H3/t20-/m0/s1. The molecule has 0 aromatic heterocycles. The molecule has 0 unspecified atom stereocenters. The van der Waals surface area contributed by atoms with E-state index in [2.05, 4.69) is 67.3 Å².